The zero-order chi connectivity index (χ0) is 24.1. The van der Waals surface area contributed by atoms with E-state index in [0.29, 0.717) is 6.54 Å². The minimum absolute atomic E-state index is 0.126. The fourth-order valence-corrected chi connectivity index (χ4v) is 6.54. The number of halogens is 1. The van der Waals surface area contributed by atoms with Gasteiger partial charge in [0.25, 0.3) is 0 Å². The Morgan fingerprint density at radius 2 is 1.65 bits per heavy atom. The van der Waals surface area contributed by atoms with Gasteiger partial charge >= 0.3 is 0 Å². The van der Waals surface area contributed by atoms with Gasteiger partial charge in [0.05, 0.1) is 6.54 Å². The highest BCUT2D eigenvalue weighted by Gasteiger charge is 2.41. The maximum atomic E-state index is 6.23. The second kappa shape index (κ2) is 11.5. The van der Waals surface area contributed by atoms with E-state index >= 15 is 0 Å². The smallest absolute Gasteiger partial charge is 0.108 e. The van der Waals surface area contributed by atoms with Gasteiger partial charge in [-0.2, -0.15) is 11.8 Å². The lowest BCUT2D eigenvalue weighted by atomic mass is 9.72. The predicted molar refractivity (Wildman–Crippen MR) is 150 cm³/mol. The molecule has 0 saturated carbocycles. The van der Waals surface area contributed by atoms with Crippen LogP contribution >= 0.6 is 23.4 Å². The molecule has 2 heterocycles. The van der Waals surface area contributed by atoms with Crippen molar-refractivity contribution in [2.24, 2.45) is 10.4 Å². The Labute approximate surface area is 215 Å². The van der Waals surface area contributed by atoms with E-state index < -0.39 is 0 Å². The molecular weight excluding hydrogens is 460 g/mol. The van der Waals surface area contributed by atoms with Gasteiger partial charge < -0.3 is 15.1 Å². The van der Waals surface area contributed by atoms with Crippen LogP contribution in [0, 0.1) is 5.41 Å². The molecular formula is C28H39ClN4S. The standard InChI is InChI=1S/C28H39ClN4S/c1-32(2)12-8-22-17-24-19-28(10-14-34-15-11-28)27(30-20-21-6-5-7-25(29)16-21)31-26(24)18-23(22)9-13-33(3)4/h5-7,16-18H,8-15,19-20H2,1-4H3,(H,30,31). The quantitative estimate of drug-likeness (QED) is 0.511. The molecule has 1 N–H and O–H groups in total. The Hall–Kier alpha value is -1.53. The molecule has 1 spiro atoms. The number of hydrogen-bond acceptors (Lipinski definition) is 4. The number of nitrogens with zero attached hydrogens (tertiary/aromatic N) is 3. The van der Waals surface area contributed by atoms with Crippen LogP contribution in [0.3, 0.4) is 0 Å². The number of rotatable bonds is 8. The first-order valence-corrected chi connectivity index (χ1v) is 14.0. The van der Waals surface area contributed by atoms with Crippen LogP contribution in [-0.2, 0) is 25.8 Å². The molecule has 0 radical (unpaired) electrons. The van der Waals surface area contributed by atoms with Gasteiger partial charge in [-0.25, -0.2) is 0 Å². The van der Waals surface area contributed by atoms with Crippen molar-refractivity contribution in [2.75, 3.05) is 58.1 Å². The van der Waals surface area contributed by atoms with Gasteiger partial charge in [0.1, 0.15) is 5.84 Å². The third-order valence-electron chi connectivity index (χ3n) is 7.13. The van der Waals surface area contributed by atoms with Crippen molar-refractivity contribution in [3.05, 3.63) is 63.7 Å². The minimum Gasteiger partial charge on any atom is -0.343 e. The van der Waals surface area contributed by atoms with Crippen LogP contribution in [0.25, 0.3) is 0 Å². The Bertz CT molecular complexity index is 1010. The van der Waals surface area contributed by atoms with E-state index in [4.69, 9.17) is 16.6 Å². The molecule has 0 bridgehead atoms. The summed E-state index contributed by atoms with van der Waals surface area (Å²) in [5, 5.41) is 4.62. The van der Waals surface area contributed by atoms with Gasteiger partial charge in [-0.05, 0) is 112 Å². The monoisotopic (exact) mass is 498 g/mol. The van der Waals surface area contributed by atoms with Crippen LogP contribution in [0.5, 0.6) is 0 Å². The first-order valence-electron chi connectivity index (χ1n) is 12.4. The van der Waals surface area contributed by atoms with Crippen molar-refractivity contribution in [1.29, 1.82) is 0 Å². The second-order valence-corrected chi connectivity index (χ2v) is 12.0. The SMILES string of the molecule is CN(C)CCc1cc2c(cc1CCN(C)C)NC(=NCc1cccc(Cl)c1)C1(CCSCC1)C2. The van der Waals surface area contributed by atoms with Crippen LogP contribution in [0.2, 0.25) is 5.02 Å². The maximum absolute atomic E-state index is 6.23. The molecule has 1 fully saturated rings. The zero-order valence-electron chi connectivity index (χ0n) is 21.2. The number of benzene rings is 2. The van der Waals surface area contributed by atoms with Crippen LogP contribution in [-0.4, -0.2) is 68.4 Å². The molecule has 2 aliphatic heterocycles. The summed E-state index contributed by atoms with van der Waals surface area (Å²) in [6.07, 6.45) is 5.64. The first-order chi connectivity index (χ1) is 16.3. The van der Waals surface area contributed by atoms with Crippen molar-refractivity contribution in [3.63, 3.8) is 0 Å². The Kier molecular flexibility index (Phi) is 8.62. The van der Waals surface area contributed by atoms with Gasteiger partial charge in [0.2, 0.25) is 0 Å². The van der Waals surface area contributed by atoms with E-state index in [1.54, 1.807) is 0 Å². The number of hydrogen-bond donors (Lipinski definition) is 1. The van der Waals surface area contributed by atoms with E-state index in [9.17, 15) is 0 Å². The molecule has 0 unspecified atom stereocenters. The third kappa shape index (κ3) is 6.37. The molecule has 1 saturated heterocycles. The Balaban J connectivity index is 1.67. The summed E-state index contributed by atoms with van der Waals surface area (Å²) in [5.74, 6) is 3.60. The molecule has 6 heteroatoms. The highest BCUT2D eigenvalue weighted by Crippen LogP contribution is 2.45. The van der Waals surface area contributed by atoms with Crippen LogP contribution in [0.4, 0.5) is 5.69 Å². The number of anilines is 1. The Morgan fingerprint density at radius 3 is 2.29 bits per heavy atom. The summed E-state index contributed by atoms with van der Waals surface area (Å²) in [6.45, 7) is 2.81. The molecule has 184 valence electrons. The van der Waals surface area contributed by atoms with E-state index in [0.717, 1.165) is 37.4 Å². The average Bonchev–Trinajstić information content (AvgIpc) is 2.80. The fraction of sp³-hybridized carbons (Fsp3) is 0.536. The lowest BCUT2D eigenvalue weighted by molar-refractivity contribution is 0.376. The fourth-order valence-electron chi connectivity index (χ4n) is 5.05. The predicted octanol–water partition coefficient (Wildman–Crippen LogP) is 5.63. The maximum Gasteiger partial charge on any atom is 0.108 e. The summed E-state index contributed by atoms with van der Waals surface area (Å²) in [7, 11) is 8.64. The van der Waals surface area contributed by atoms with E-state index in [-0.39, 0.29) is 5.41 Å². The van der Waals surface area contributed by atoms with Crippen LogP contribution in [0.1, 0.15) is 35.1 Å². The van der Waals surface area contributed by atoms with Crippen LogP contribution < -0.4 is 5.32 Å². The number of nitrogens with one attached hydrogen (secondary N) is 1. The van der Waals surface area contributed by atoms with Gasteiger partial charge in [-0.15, -0.1) is 0 Å². The van der Waals surface area contributed by atoms with Gasteiger partial charge in [-0.1, -0.05) is 29.8 Å². The summed E-state index contributed by atoms with van der Waals surface area (Å²) < 4.78 is 0. The Morgan fingerprint density at radius 1 is 0.971 bits per heavy atom. The van der Waals surface area contributed by atoms with Crippen molar-refractivity contribution < 1.29 is 0 Å². The van der Waals surface area contributed by atoms with Crippen molar-refractivity contribution in [3.8, 4) is 0 Å². The molecule has 2 aliphatic rings. The van der Waals surface area contributed by atoms with Crippen LogP contribution in [0.15, 0.2) is 41.4 Å². The van der Waals surface area contributed by atoms with E-state index in [2.05, 4.69) is 73.3 Å². The lowest BCUT2D eigenvalue weighted by Crippen LogP contribution is -2.44. The molecule has 0 aromatic heterocycles. The largest absolute Gasteiger partial charge is 0.343 e. The molecule has 0 aliphatic carbocycles. The summed E-state index contributed by atoms with van der Waals surface area (Å²) in [6, 6.07) is 13.0. The molecule has 2 aromatic carbocycles. The lowest BCUT2D eigenvalue weighted by Gasteiger charge is -2.43. The number of aliphatic imine (C=N–C) groups is 1. The van der Waals surface area contributed by atoms with Crippen molar-refractivity contribution in [2.45, 2.75) is 38.6 Å². The summed E-state index contributed by atoms with van der Waals surface area (Å²) in [5.41, 5.74) is 6.99. The highest BCUT2D eigenvalue weighted by atomic mass is 35.5. The summed E-state index contributed by atoms with van der Waals surface area (Å²) in [4.78, 5) is 9.74. The normalized spacial score (nSPS) is 18.5. The van der Waals surface area contributed by atoms with Gasteiger partial charge in [-0.3, -0.25) is 4.99 Å². The zero-order valence-corrected chi connectivity index (χ0v) is 22.7. The molecule has 2 aromatic rings. The number of fused-ring (bicyclic) bond motifs is 1. The van der Waals surface area contributed by atoms with Crippen molar-refractivity contribution >= 4 is 34.9 Å². The molecule has 0 atom stereocenters. The van der Waals surface area contributed by atoms with E-state index in [1.165, 1.54) is 58.1 Å². The van der Waals surface area contributed by atoms with Gasteiger partial charge in [0.15, 0.2) is 0 Å². The third-order valence-corrected chi connectivity index (χ3v) is 8.35. The topological polar surface area (TPSA) is 30.9 Å². The molecule has 34 heavy (non-hydrogen) atoms. The first kappa shape index (κ1) is 25.6. The van der Waals surface area contributed by atoms with Crippen molar-refractivity contribution in [1.82, 2.24) is 9.80 Å². The number of thioether (sulfide) groups is 1. The summed E-state index contributed by atoms with van der Waals surface area (Å²) >= 11 is 8.31. The molecule has 4 nitrogen and oxygen atoms in total. The van der Waals surface area contributed by atoms with E-state index in [1.807, 2.05) is 18.2 Å². The second-order valence-electron chi connectivity index (χ2n) is 10.4. The average molecular weight is 499 g/mol. The number of amidine groups is 1. The highest BCUT2D eigenvalue weighted by molar-refractivity contribution is 7.99. The minimum atomic E-state index is 0.126. The molecule has 4 rings (SSSR count). The number of likely N-dealkylation sites (N-methyl/N-ethyl adjacent to an activating group) is 2. The molecule has 0 amide bonds. The van der Waals surface area contributed by atoms with Gasteiger partial charge in [0, 0.05) is 29.2 Å².